The first kappa shape index (κ1) is 15.9. The minimum absolute atomic E-state index is 0.0657. The normalized spacial score (nSPS) is 12.4. The zero-order chi connectivity index (χ0) is 18.4. The third-order valence-electron chi connectivity index (χ3n) is 4.10. The van der Waals surface area contributed by atoms with Crippen molar-refractivity contribution in [3.8, 4) is 45.8 Å². The monoisotopic (exact) mass is 358 g/mol. The Morgan fingerprint density at radius 2 is 1.88 bits per heavy atom. The van der Waals surface area contributed by atoms with Crippen LogP contribution in [0.2, 0.25) is 0 Å². The second-order valence-electron chi connectivity index (χ2n) is 5.51. The molecule has 134 valence electrons. The van der Waals surface area contributed by atoms with Crippen LogP contribution >= 0.6 is 0 Å². The molecule has 0 atom stereocenters. The molecule has 0 spiro atoms. The van der Waals surface area contributed by atoms with Gasteiger partial charge >= 0.3 is 0 Å². The van der Waals surface area contributed by atoms with Gasteiger partial charge in [0.1, 0.15) is 11.0 Å². The second-order valence-corrected chi connectivity index (χ2v) is 5.51. The van der Waals surface area contributed by atoms with E-state index in [0.29, 0.717) is 5.56 Å². The van der Waals surface area contributed by atoms with E-state index in [2.05, 4.69) is 0 Å². The lowest BCUT2D eigenvalue weighted by Gasteiger charge is -2.11. The van der Waals surface area contributed by atoms with Crippen molar-refractivity contribution in [2.45, 2.75) is 0 Å². The van der Waals surface area contributed by atoms with Crippen molar-refractivity contribution >= 4 is 11.0 Å². The van der Waals surface area contributed by atoms with Gasteiger partial charge in [0, 0.05) is 11.6 Å². The van der Waals surface area contributed by atoms with E-state index in [4.69, 9.17) is 23.4 Å². The molecule has 0 fully saturated rings. The van der Waals surface area contributed by atoms with Crippen molar-refractivity contribution in [3.63, 3.8) is 0 Å². The highest BCUT2D eigenvalue weighted by Gasteiger charge is 2.27. The smallest absolute Gasteiger partial charge is 0.239 e. The van der Waals surface area contributed by atoms with Crippen LogP contribution in [0.25, 0.3) is 22.3 Å². The van der Waals surface area contributed by atoms with Crippen molar-refractivity contribution in [1.29, 1.82) is 0 Å². The van der Waals surface area contributed by atoms with Crippen molar-refractivity contribution in [2.24, 2.45) is 0 Å². The quantitative estimate of drug-likeness (QED) is 0.736. The van der Waals surface area contributed by atoms with E-state index in [-0.39, 0.29) is 58.0 Å². The van der Waals surface area contributed by atoms with Gasteiger partial charge in [0.2, 0.25) is 23.7 Å². The van der Waals surface area contributed by atoms with Gasteiger partial charge in [0.05, 0.1) is 14.2 Å². The van der Waals surface area contributed by atoms with Crippen LogP contribution in [0, 0.1) is 0 Å². The van der Waals surface area contributed by atoms with Gasteiger partial charge in [-0.1, -0.05) is 0 Å². The summed E-state index contributed by atoms with van der Waals surface area (Å²) in [5, 5.41) is 20.3. The maximum absolute atomic E-state index is 12.9. The van der Waals surface area contributed by atoms with Gasteiger partial charge in [0.25, 0.3) is 0 Å². The molecule has 8 nitrogen and oxygen atoms in total. The summed E-state index contributed by atoms with van der Waals surface area (Å²) in [6.07, 6.45) is 0. The molecule has 0 bridgehead atoms. The van der Waals surface area contributed by atoms with Crippen LogP contribution in [0.15, 0.2) is 33.5 Å². The molecule has 0 saturated heterocycles. The van der Waals surface area contributed by atoms with E-state index in [1.165, 1.54) is 32.4 Å². The summed E-state index contributed by atoms with van der Waals surface area (Å²) in [6.45, 7) is -0.0657. The lowest BCUT2D eigenvalue weighted by Crippen LogP contribution is -2.08. The van der Waals surface area contributed by atoms with Gasteiger partial charge in [-0.3, -0.25) is 4.79 Å². The predicted octanol–water partition coefficient (Wildman–Crippen LogP) is 2.62. The number of ether oxygens (including phenoxy) is 4. The van der Waals surface area contributed by atoms with Crippen molar-refractivity contribution < 1.29 is 33.6 Å². The lowest BCUT2D eigenvalue weighted by molar-refractivity contribution is 0.171. The Morgan fingerprint density at radius 3 is 2.58 bits per heavy atom. The third-order valence-corrected chi connectivity index (χ3v) is 4.10. The summed E-state index contributed by atoms with van der Waals surface area (Å²) in [7, 11) is 2.74. The molecule has 4 rings (SSSR count). The zero-order valence-corrected chi connectivity index (χ0v) is 13.9. The Kier molecular flexibility index (Phi) is 3.54. The SMILES string of the molecule is COc1ccc(-c2oc3cc4c(c(O)c3c(=O)c2OC)OCO4)cc1O. The van der Waals surface area contributed by atoms with Gasteiger partial charge in [0.15, 0.2) is 28.8 Å². The largest absolute Gasteiger partial charge is 0.504 e. The van der Waals surface area contributed by atoms with Crippen LogP contribution in [0.4, 0.5) is 0 Å². The van der Waals surface area contributed by atoms with Crippen molar-refractivity contribution in [2.75, 3.05) is 21.0 Å². The third kappa shape index (κ3) is 2.19. The summed E-state index contributed by atoms with van der Waals surface area (Å²) in [5.74, 6) is 0.123. The van der Waals surface area contributed by atoms with Crippen molar-refractivity contribution in [3.05, 3.63) is 34.5 Å². The van der Waals surface area contributed by atoms with E-state index in [9.17, 15) is 15.0 Å². The van der Waals surface area contributed by atoms with E-state index < -0.39 is 5.43 Å². The van der Waals surface area contributed by atoms with Crippen LogP contribution in [-0.4, -0.2) is 31.2 Å². The molecule has 1 aromatic heterocycles. The van der Waals surface area contributed by atoms with Crippen LogP contribution in [0.5, 0.6) is 34.5 Å². The zero-order valence-electron chi connectivity index (χ0n) is 13.9. The molecule has 0 amide bonds. The van der Waals surface area contributed by atoms with Crippen molar-refractivity contribution in [1.82, 2.24) is 0 Å². The molecule has 8 heteroatoms. The number of phenolic OH excluding ortho intramolecular Hbond substituents is 2. The van der Waals surface area contributed by atoms with Crippen LogP contribution in [-0.2, 0) is 0 Å². The number of fused-ring (bicyclic) bond motifs is 2. The minimum atomic E-state index is -0.574. The minimum Gasteiger partial charge on any atom is -0.504 e. The van der Waals surface area contributed by atoms with Gasteiger partial charge in [-0.05, 0) is 18.2 Å². The fraction of sp³-hybridized carbons (Fsp3) is 0.167. The highest BCUT2D eigenvalue weighted by Crippen LogP contribution is 2.46. The number of phenols is 2. The maximum Gasteiger partial charge on any atom is 0.239 e. The summed E-state index contributed by atoms with van der Waals surface area (Å²) in [6, 6.07) is 5.99. The first-order valence-corrected chi connectivity index (χ1v) is 7.59. The Hall–Kier alpha value is -3.55. The van der Waals surface area contributed by atoms with Crippen LogP contribution < -0.4 is 24.4 Å². The molecule has 0 saturated carbocycles. The topological polar surface area (TPSA) is 108 Å². The summed E-state index contributed by atoms with van der Waals surface area (Å²) < 4.78 is 26.5. The van der Waals surface area contributed by atoms with E-state index in [1.807, 2.05) is 0 Å². The Balaban J connectivity index is 2.03. The molecular formula is C18H14O8. The predicted molar refractivity (Wildman–Crippen MR) is 90.5 cm³/mol. The number of methoxy groups -OCH3 is 2. The summed E-state index contributed by atoms with van der Waals surface area (Å²) in [4.78, 5) is 12.9. The molecule has 1 aliphatic rings. The van der Waals surface area contributed by atoms with E-state index >= 15 is 0 Å². The van der Waals surface area contributed by atoms with Gasteiger partial charge in [-0.2, -0.15) is 0 Å². The lowest BCUT2D eigenvalue weighted by atomic mass is 10.1. The molecule has 1 aliphatic heterocycles. The fourth-order valence-corrected chi connectivity index (χ4v) is 2.88. The number of aromatic hydroxyl groups is 2. The number of hydrogen-bond acceptors (Lipinski definition) is 8. The highest BCUT2D eigenvalue weighted by molar-refractivity contribution is 5.91. The summed E-state index contributed by atoms with van der Waals surface area (Å²) >= 11 is 0. The first-order valence-electron chi connectivity index (χ1n) is 7.59. The van der Waals surface area contributed by atoms with Crippen LogP contribution in [0.1, 0.15) is 0 Å². The molecule has 2 N–H and O–H groups in total. The van der Waals surface area contributed by atoms with Gasteiger partial charge < -0.3 is 33.6 Å². The molecule has 0 unspecified atom stereocenters. The molecule has 2 heterocycles. The van der Waals surface area contributed by atoms with Gasteiger partial charge in [-0.25, -0.2) is 0 Å². The highest BCUT2D eigenvalue weighted by atomic mass is 16.7. The van der Waals surface area contributed by atoms with Gasteiger partial charge in [-0.15, -0.1) is 0 Å². The number of hydrogen-bond donors (Lipinski definition) is 2. The Labute approximate surface area is 146 Å². The van der Waals surface area contributed by atoms with E-state index in [1.54, 1.807) is 6.07 Å². The Bertz CT molecular complexity index is 1080. The average Bonchev–Trinajstić information content (AvgIpc) is 3.10. The molecule has 3 aromatic rings. The molecule has 0 aliphatic carbocycles. The number of benzene rings is 2. The molecule has 26 heavy (non-hydrogen) atoms. The fourth-order valence-electron chi connectivity index (χ4n) is 2.88. The molecule has 0 radical (unpaired) electrons. The maximum atomic E-state index is 12.9. The van der Waals surface area contributed by atoms with E-state index in [0.717, 1.165) is 0 Å². The van der Waals surface area contributed by atoms with Crippen LogP contribution in [0.3, 0.4) is 0 Å². The first-order chi connectivity index (χ1) is 12.5. The average molecular weight is 358 g/mol. The Morgan fingerprint density at radius 1 is 1.08 bits per heavy atom. The molecular weight excluding hydrogens is 344 g/mol. The number of rotatable bonds is 3. The molecule has 2 aromatic carbocycles. The summed E-state index contributed by atoms with van der Waals surface area (Å²) in [5.41, 5.74) is -0.0750. The standard InChI is InChI=1S/C18H14O8/c1-22-10-4-3-8(5-9(10)19)16-18(23-2)15(21)13-11(26-16)6-12-17(14(13)20)25-7-24-12/h3-6,19-20H,7H2,1-2H3. The second kappa shape index (κ2) is 5.76.